The van der Waals surface area contributed by atoms with Crippen LogP contribution in [0.25, 0.3) is 0 Å². The maximum absolute atomic E-state index is 5.65. The molecule has 2 unspecified atom stereocenters. The number of nitrogens with one attached hydrogen (secondary N) is 1. The Morgan fingerprint density at radius 2 is 2.47 bits per heavy atom. The van der Waals surface area contributed by atoms with E-state index in [0.717, 1.165) is 39.3 Å². The van der Waals surface area contributed by atoms with E-state index >= 15 is 0 Å². The summed E-state index contributed by atoms with van der Waals surface area (Å²) < 4.78 is 5.65. The molecule has 2 rings (SSSR count). The second-order valence-corrected chi connectivity index (χ2v) is 6.08. The van der Waals surface area contributed by atoms with E-state index in [0.29, 0.717) is 12.0 Å². The normalized spacial score (nSPS) is 23.9. The summed E-state index contributed by atoms with van der Waals surface area (Å²) in [7, 11) is 2.17. The molecule has 0 saturated carbocycles. The van der Waals surface area contributed by atoms with Gasteiger partial charge in [0.2, 0.25) is 0 Å². The van der Waals surface area contributed by atoms with Gasteiger partial charge in [0, 0.05) is 37.0 Å². The summed E-state index contributed by atoms with van der Waals surface area (Å²) in [5.74, 6) is 0.587. The zero-order valence-electron chi connectivity index (χ0n) is 12.0. The monoisotopic (exact) mass is 283 g/mol. The van der Waals surface area contributed by atoms with Gasteiger partial charge in [-0.05, 0) is 26.4 Å². The summed E-state index contributed by atoms with van der Waals surface area (Å²) in [6.07, 6.45) is 2.33. The predicted octanol–water partition coefficient (Wildman–Crippen LogP) is 1.98. The maximum Gasteiger partial charge on any atom is 0.0795 e. The van der Waals surface area contributed by atoms with Crippen molar-refractivity contribution in [2.24, 2.45) is 5.92 Å². The SMILES string of the molecule is CCCNC1CCOCC1CN(C)Cc1cscn1. The summed E-state index contributed by atoms with van der Waals surface area (Å²) in [6, 6.07) is 0.603. The molecule has 2 heterocycles. The standard InChI is InChI=1S/C14H25N3OS/c1-3-5-15-14-4-6-18-9-12(14)7-17(2)8-13-10-19-11-16-13/h10-12,14-15H,3-9H2,1-2H3. The first kappa shape index (κ1) is 14.9. The van der Waals surface area contributed by atoms with Crippen molar-refractivity contribution < 1.29 is 4.74 Å². The number of rotatable bonds is 7. The highest BCUT2D eigenvalue weighted by Gasteiger charge is 2.26. The molecule has 1 aliphatic heterocycles. The van der Waals surface area contributed by atoms with Crippen LogP contribution in [0.2, 0.25) is 0 Å². The summed E-state index contributed by atoms with van der Waals surface area (Å²) in [5, 5.41) is 5.79. The molecule has 1 aromatic rings. The van der Waals surface area contributed by atoms with Crippen molar-refractivity contribution in [1.82, 2.24) is 15.2 Å². The van der Waals surface area contributed by atoms with Crippen LogP contribution in [-0.4, -0.2) is 49.3 Å². The molecule has 4 nitrogen and oxygen atoms in total. The summed E-state index contributed by atoms with van der Waals surface area (Å²) in [6.45, 7) is 7.10. The van der Waals surface area contributed by atoms with Gasteiger partial charge in [-0.2, -0.15) is 0 Å². The van der Waals surface area contributed by atoms with Crippen LogP contribution in [0.15, 0.2) is 10.9 Å². The van der Waals surface area contributed by atoms with Crippen LogP contribution in [0.4, 0.5) is 0 Å². The molecule has 0 aromatic carbocycles. The highest BCUT2D eigenvalue weighted by atomic mass is 32.1. The van der Waals surface area contributed by atoms with E-state index in [4.69, 9.17) is 4.74 Å². The van der Waals surface area contributed by atoms with Gasteiger partial charge in [-0.1, -0.05) is 6.92 Å². The van der Waals surface area contributed by atoms with Gasteiger partial charge in [0.05, 0.1) is 17.8 Å². The highest BCUT2D eigenvalue weighted by molar-refractivity contribution is 7.07. The van der Waals surface area contributed by atoms with Crippen molar-refractivity contribution in [3.63, 3.8) is 0 Å². The molecule has 2 atom stereocenters. The van der Waals surface area contributed by atoms with E-state index < -0.39 is 0 Å². The molecular formula is C14H25N3OS. The third-order valence-corrected chi connectivity index (χ3v) is 4.23. The van der Waals surface area contributed by atoms with Gasteiger partial charge in [-0.25, -0.2) is 4.98 Å². The molecule has 1 fully saturated rings. The van der Waals surface area contributed by atoms with Crippen LogP contribution < -0.4 is 5.32 Å². The fraction of sp³-hybridized carbons (Fsp3) is 0.786. The Morgan fingerprint density at radius 3 is 3.21 bits per heavy atom. The summed E-state index contributed by atoms with van der Waals surface area (Å²) >= 11 is 1.66. The molecule has 0 radical (unpaired) electrons. The fourth-order valence-electron chi connectivity index (χ4n) is 2.63. The maximum atomic E-state index is 5.65. The second kappa shape index (κ2) is 7.94. The van der Waals surface area contributed by atoms with Crippen LogP contribution in [-0.2, 0) is 11.3 Å². The van der Waals surface area contributed by atoms with Crippen molar-refractivity contribution in [2.75, 3.05) is 33.4 Å². The largest absolute Gasteiger partial charge is 0.381 e. The lowest BCUT2D eigenvalue weighted by molar-refractivity contribution is 0.0188. The topological polar surface area (TPSA) is 37.4 Å². The highest BCUT2D eigenvalue weighted by Crippen LogP contribution is 2.17. The molecular weight excluding hydrogens is 258 g/mol. The van der Waals surface area contributed by atoms with Gasteiger partial charge in [-0.3, -0.25) is 0 Å². The second-order valence-electron chi connectivity index (χ2n) is 5.36. The molecule has 1 saturated heterocycles. The van der Waals surface area contributed by atoms with Crippen molar-refractivity contribution in [3.8, 4) is 0 Å². The average Bonchev–Trinajstić information content (AvgIpc) is 2.90. The third kappa shape index (κ3) is 4.84. The Labute approximate surface area is 120 Å². The van der Waals surface area contributed by atoms with Gasteiger partial charge in [0.1, 0.15) is 0 Å². The number of aromatic nitrogens is 1. The summed E-state index contributed by atoms with van der Waals surface area (Å²) in [4.78, 5) is 6.70. The molecule has 0 spiro atoms. The first-order valence-electron chi connectivity index (χ1n) is 7.16. The van der Waals surface area contributed by atoms with E-state index in [1.807, 2.05) is 5.51 Å². The van der Waals surface area contributed by atoms with Crippen LogP contribution in [0.1, 0.15) is 25.5 Å². The molecule has 1 N–H and O–H groups in total. The lowest BCUT2D eigenvalue weighted by Gasteiger charge is -2.34. The van der Waals surface area contributed by atoms with Crippen molar-refractivity contribution in [2.45, 2.75) is 32.4 Å². The Kier molecular flexibility index (Phi) is 6.23. The van der Waals surface area contributed by atoms with E-state index in [1.54, 1.807) is 11.3 Å². The zero-order chi connectivity index (χ0) is 13.5. The fourth-order valence-corrected chi connectivity index (χ4v) is 3.18. The zero-order valence-corrected chi connectivity index (χ0v) is 12.8. The molecule has 1 aromatic heterocycles. The average molecular weight is 283 g/mol. The van der Waals surface area contributed by atoms with Gasteiger partial charge in [0.25, 0.3) is 0 Å². The quantitative estimate of drug-likeness (QED) is 0.830. The van der Waals surface area contributed by atoms with Crippen LogP contribution >= 0.6 is 11.3 Å². The van der Waals surface area contributed by atoms with E-state index in [9.17, 15) is 0 Å². The van der Waals surface area contributed by atoms with E-state index in [2.05, 4.69) is 34.6 Å². The number of ether oxygens (including phenoxy) is 1. The van der Waals surface area contributed by atoms with Crippen molar-refractivity contribution in [3.05, 3.63) is 16.6 Å². The van der Waals surface area contributed by atoms with Gasteiger partial charge >= 0.3 is 0 Å². The lowest BCUT2D eigenvalue weighted by Crippen LogP contribution is -2.47. The first-order valence-corrected chi connectivity index (χ1v) is 8.10. The Balaban J connectivity index is 1.80. The van der Waals surface area contributed by atoms with Gasteiger partial charge in [-0.15, -0.1) is 11.3 Å². The lowest BCUT2D eigenvalue weighted by atomic mass is 9.95. The number of thiazole rings is 1. The predicted molar refractivity (Wildman–Crippen MR) is 79.5 cm³/mol. The Bertz CT molecular complexity index is 344. The minimum absolute atomic E-state index is 0.587. The number of hydrogen-bond acceptors (Lipinski definition) is 5. The van der Waals surface area contributed by atoms with Crippen molar-refractivity contribution >= 4 is 11.3 Å². The molecule has 0 aliphatic carbocycles. The van der Waals surface area contributed by atoms with Gasteiger partial charge in [0.15, 0.2) is 0 Å². The van der Waals surface area contributed by atoms with Crippen LogP contribution in [0.3, 0.4) is 0 Å². The smallest absolute Gasteiger partial charge is 0.0795 e. The number of nitrogens with zero attached hydrogens (tertiary/aromatic N) is 2. The van der Waals surface area contributed by atoms with E-state index in [1.165, 1.54) is 12.1 Å². The molecule has 0 amide bonds. The summed E-state index contributed by atoms with van der Waals surface area (Å²) in [5.41, 5.74) is 3.07. The van der Waals surface area contributed by atoms with Crippen molar-refractivity contribution in [1.29, 1.82) is 0 Å². The first-order chi connectivity index (χ1) is 9.29. The van der Waals surface area contributed by atoms with Crippen LogP contribution in [0.5, 0.6) is 0 Å². The minimum atomic E-state index is 0.587. The molecule has 0 bridgehead atoms. The van der Waals surface area contributed by atoms with E-state index in [-0.39, 0.29) is 0 Å². The Morgan fingerprint density at radius 1 is 1.58 bits per heavy atom. The molecule has 19 heavy (non-hydrogen) atoms. The minimum Gasteiger partial charge on any atom is -0.381 e. The third-order valence-electron chi connectivity index (χ3n) is 3.59. The molecule has 1 aliphatic rings. The Hall–Kier alpha value is -0.490. The number of hydrogen-bond donors (Lipinski definition) is 1. The van der Waals surface area contributed by atoms with Crippen LogP contribution in [0, 0.1) is 5.92 Å². The van der Waals surface area contributed by atoms with Gasteiger partial charge < -0.3 is 15.0 Å². The molecule has 5 heteroatoms. The molecule has 108 valence electrons.